The number of carbonyl (C=O) groups is 1. The molecule has 0 fully saturated rings. The largest absolute Gasteiger partial charge is 0.444 e. The molecule has 1 atom stereocenters. The van der Waals surface area contributed by atoms with Crippen molar-refractivity contribution < 1.29 is 9.21 Å². The van der Waals surface area contributed by atoms with Crippen LogP contribution in [0.3, 0.4) is 0 Å². The highest BCUT2D eigenvalue weighted by Crippen LogP contribution is 2.28. The van der Waals surface area contributed by atoms with E-state index in [4.69, 9.17) is 4.42 Å². The van der Waals surface area contributed by atoms with Crippen molar-refractivity contribution in [1.82, 2.24) is 10.3 Å². The number of hydrogen-bond acceptors (Lipinski definition) is 5. The van der Waals surface area contributed by atoms with Gasteiger partial charge < -0.3 is 9.73 Å². The highest BCUT2D eigenvalue weighted by molar-refractivity contribution is 7.13. The number of nitrogens with one attached hydrogen (secondary N) is 1. The minimum Gasteiger partial charge on any atom is -0.444 e. The van der Waals surface area contributed by atoms with Crippen LogP contribution in [0.2, 0.25) is 0 Å². The summed E-state index contributed by atoms with van der Waals surface area (Å²) in [5.41, 5.74) is 2.99. The minimum absolute atomic E-state index is 0.0811. The number of thiophene rings is 2. The predicted molar refractivity (Wildman–Crippen MR) is 118 cm³/mol. The third-order valence-corrected chi connectivity index (χ3v) is 6.49. The van der Waals surface area contributed by atoms with E-state index in [1.807, 2.05) is 29.0 Å². The van der Waals surface area contributed by atoms with Crippen LogP contribution in [0.25, 0.3) is 10.8 Å². The molecule has 148 valence electrons. The topological polar surface area (TPSA) is 55.1 Å². The Kier molecular flexibility index (Phi) is 5.92. The summed E-state index contributed by atoms with van der Waals surface area (Å²) < 4.78 is 5.53. The zero-order valence-corrected chi connectivity index (χ0v) is 17.9. The van der Waals surface area contributed by atoms with E-state index in [1.165, 1.54) is 5.56 Å². The van der Waals surface area contributed by atoms with Crippen molar-refractivity contribution in [1.29, 1.82) is 0 Å². The Balaban J connectivity index is 1.50. The maximum atomic E-state index is 12.8. The van der Waals surface area contributed by atoms with Gasteiger partial charge in [-0.2, -0.15) is 0 Å². The van der Waals surface area contributed by atoms with Crippen LogP contribution in [0.5, 0.6) is 0 Å². The number of carbonyl (C=O) groups excluding carboxylic acids is 1. The fraction of sp³-hybridized carbons (Fsp3) is 0.217. The normalized spacial score (nSPS) is 12.2. The summed E-state index contributed by atoms with van der Waals surface area (Å²) in [5.74, 6) is 0.952. The number of amides is 1. The van der Waals surface area contributed by atoms with Gasteiger partial charge in [0, 0.05) is 4.88 Å². The Bertz CT molecular complexity index is 1050. The molecule has 0 aliphatic rings. The van der Waals surface area contributed by atoms with Gasteiger partial charge in [0.15, 0.2) is 0 Å². The molecular formula is C23H22N2O2S2. The summed E-state index contributed by atoms with van der Waals surface area (Å²) in [6.45, 7) is 4.35. The van der Waals surface area contributed by atoms with Gasteiger partial charge in [-0.15, -0.1) is 22.7 Å². The lowest BCUT2D eigenvalue weighted by Crippen LogP contribution is -2.30. The van der Waals surface area contributed by atoms with E-state index in [0.29, 0.717) is 17.5 Å². The molecule has 4 aromatic rings. The number of benzene rings is 1. The van der Waals surface area contributed by atoms with E-state index < -0.39 is 0 Å². The Morgan fingerprint density at radius 2 is 1.76 bits per heavy atom. The Morgan fingerprint density at radius 1 is 1.03 bits per heavy atom. The monoisotopic (exact) mass is 422 g/mol. The van der Waals surface area contributed by atoms with E-state index in [9.17, 15) is 4.79 Å². The summed E-state index contributed by atoms with van der Waals surface area (Å²) in [6, 6.07) is 16.3. The second-order valence-electron chi connectivity index (χ2n) is 7.14. The molecule has 0 radical (unpaired) electrons. The molecule has 1 N–H and O–H groups in total. The van der Waals surface area contributed by atoms with Crippen LogP contribution in [0.4, 0.5) is 0 Å². The Labute approximate surface area is 178 Å². The van der Waals surface area contributed by atoms with Gasteiger partial charge in [-0.05, 0) is 39.9 Å². The number of oxazole rings is 1. The minimum atomic E-state index is -0.174. The molecule has 0 bridgehead atoms. The summed E-state index contributed by atoms with van der Waals surface area (Å²) in [7, 11) is 0. The van der Waals surface area contributed by atoms with E-state index in [-0.39, 0.29) is 18.4 Å². The van der Waals surface area contributed by atoms with Crippen LogP contribution in [-0.2, 0) is 11.2 Å². The first-order valence-electron chi connectivity index (χ1n) is 9.51. The van der Waals surface area contributed by atoms with Crippen LogP contribution in [0.15, 0.2) is 70.0 Å². The molecule has 1 aromatic carbocycles. The maximum Gasteiger partial charge on any atom is 0.236 e. The molecule has 0 aliphatic heterocycles. The zero-order chi connectivity index (χ0) is 20.2. The summed E-state index contributed by atoms with van der Waals surface area (Å²) in [5, 5.41) is 7.17. The summed E-state index contributed by atoms with van der Waals surface area (Å²) in [4.78, 5) is 19.3. The lowest BCUT2D eigenvalue weighted by atomic mass is 9.98. The van der Waals surface area contributed by atoms with Crippen LogP contribution >= 0.6 is 22.7 Å². The molecule has 29 heavy (non-hydrogen) atoms. The average molecular weight is 423 g/mol. The first kappa shape index (κ1) is 19.6. The highest BCUT2D eigenvalue weighted by atomic mass is 32.1. The summed E-state index contributed by atoms with van der Waals surface area (Å²) in [6.07, 6.45) is 1.74. The third-order valence-electron chi connectivity index (χ3n) is 4.69. The quantitative estimate of drug-likeness (QED) is 0.395. The molecule has 0 aliphatic carbocycles. The van der Waals surface area contributed by atoms with E-state index in [1.54, 1.807) is 28.9 Å². The maximum absolute atomic E-state index is 12.8. The number of hydrogen-bond donors (Lipinski definition) is 1. The molecule has 0 saturated heterocycles. The first-order chi connectivity index (χ1) is 14.1. The molecule has 6 heteroatoms. The average Bonchev–Trinajstić information content (AvgIpc) is 3.48. The van der Waals surface area contributed by atoms with Gasteiger partial charge in [-0.1, -0.05) is 50.2 Å². The third kappa shape index (κ3) is 4.66. The van der Waals surface area contributed by atoms with Crippen molar-refractivity contribution in [3.05, 3.63) is 87.3 Å². The number of nitrogens with zero attached hydrogens (tertiary/aromatic N) is 1. The van der Waals surface area contributed by atoms with Gasteiger partial charge in [0.2, 0.25) is 11.8 Å². The fourth-order valence-electron chi connectivity index (χ4n) is 3.13. The standard InChI is InChI=1S/C23H22N2O2S2/c1-15(2)16-7-9-17(10-8-16)22(19-5-3-11-28-19)25-21(26)13-18-14-27-23(24-18)20-6-4-12-29-20/h3-12,14-15,22H,13H2,1-2H3,(H,25,26). The molecule has 3 heterocycles. The molecule has 4 nitrogen and oxygen atoms in total. The van der Waals surface area contributed by atoms with E-state index in [2.05, 4.69) is 54.5 Å². The molecular weight excluding hydrogens is 400 g/mol. The van der Waals surface area contributed by atoms with Crippen LogP contribution < -0.4 is 5.32 Å². The Morgan fingerprint density at radius 3 is 2.41 bits per heavy atom. The highest BCUT2D eigenvalue weighted by Gasteiger charge is 2.19. The predicted octanol–water partition coefficient (Wildman–Crippen LogP) is 6.04. The zero-order valence-electron chi connectivity index (χ0n) is 16.3. The van der Waals surface area contributed by atoms with Gasteiger partial charge in [0.1, 0.15) is 6.26 Å². The second-order valence-corrected chi connectivity index (χ2v) is 9.06. The molecule has 4 rings (SSSR count). The Hall–Kier alpha value is -2.70. The molecule has 0 saturated carbocycles. The van der Waals surface area contributed by atoms with Gasteiger partial charge >= 0.3 is 0 Å². The van der Waals surface area contributed by atoms with E-state index >= 15 is 0 Å². The van der Waals surface area contributed by atoms with Crippen LogP contribution in [0.1, 0.15) is 47.5 Å². The lowest BCUT2D eigenvalue weighted by molar-refractivity contribution is -0.121. The van der Waals surface area contributed by atoms with Crippen LogP contribution in [0, 0.1) is 0 Å². The second kappa shape index (κ2) is 8.76. The first-order valence-corrected chi connectivity index (χ1v) is 11.3. The van der Waals surface area contributed by atoms with Crippen molar-refractivity contribution in [2.24, 2.45) is 0 Å². The van der Waals surface area contributed by atoms with Crippen molar-refractivity contribution in [2.75, 3.05) is 0 Å². The van der Waals surface area contributed by atoms with Crippen LogP contribution in [-0.4, -0.2) is 10.9 Å². The van der Waals surface area contributed by atoms with Gasteiger partial charge in [-0.3, -0.25) is 4.79 Å². The molecule has 0 spiro atoms. The lowest BCUT2D eigenvalue weighted by Gasteiger charge is -2.19. The van der Waals surface area contributed by atoms with Crippen molar-refractivity contribution >= 4 is 28.6 Å². The molecule has 3 aromatic heterocycles. The van der Waals surface area contributed by atoms with Gasteiger partial charge in [-0.25, -0.2) is 4.98 Å². The number of rotatable bonds is 7. The van der Waals surface area contributed by atoms with Gasteiger partial charge in [0.25, 0.3) is 0 Å². The van der Waals surface area contributed by atoms with Gasteiger partial charge in [0.05, 0.1) is 23.0 Å². The summed E-state index contributed by atoms with van der Waals surface area (Å²) >= 11 is 3.20. The fourth-order valence-corrected chi connectivity index (χ4v) is 4.58. The van der Waals surface area contributed by atoms with Crippen molar-refractivity contribution in [3.8, 4) is 10.8 Å². The smallest absolute Gasteiger partial charge is 0.236 e. The SMILES string of the molecule is CC(C)c1ccc(C(NC(=O)Cc2coc(-c3cccs3)n2)c2cccs2)cc1. The van der Waals surface area contributed by atoms with E-state index in [0.717, 1.165) is 15.3 Å². The molecule has 1 unspecified atom stereocenters. The van der Waals surface area contributed by atoms with Crippen molar-refractivity contribution in [3.63, 3.8) is 0 Å². The number of aromatic nitrogens is 1. The molecule has 1 amide bonds. The van der Waals surface area contributed by atoms with Crippen molar-refractivity contribution in [2.45, 2.75) is 32.2 Å².